The van der Waals surface area contributed by atoms with Crippen molar-refractivity contribution in [1.82, 2.24) is 5.32 Å². The molecule has 1 N–H and O–H groups in total. The van der Waals surface area contributed by atoms with E-state index in [-0.39, 0.29) is 6.67 Å². The minimum atomic E-state index is -0.189. The van der Waals surface area contributed by atoms with Crippen LogP contribution in [0.3, 0.4) is 0 Å². The molecule has 78 valence electrons. The minimum absolute atomic E-state index is 0.189. The summed E-state index contributed by atoms with van der Waals surface area (Å²) < 4.78 is 11.9. The Morgan fingerprint density at radius 3 is 3.00 bits per heavy atom. The van der Waals surface area contributed by atoms with Crippen LogP contribution in [0.1, 0.15) is 32.6 Å². The number of nitrogens with one attached hydrogen (secondary N) is 1. The molecule has 0 aromatic rings. The van der Waals surface area contributed by atoms with E-state index in [0.717, 1.165) is 11.8 Å². The molecule has 0 amide bonds. The molecule has 1 nitrogen and oxygen atoms in total. The van der Waals surface area contributed by atoms with Crippen LogP contribution < -0.4 is 5.32 Å². The lowest BCUT2D eigenvalue weighted by Crippen LogP contribution is -2.35. The quantitative estimate of drug-likeness (QED) is 0.669. The Kier molecular flexibility index (Phi) is 5.80. The second-order valence-electron chi connectivity index (χ2n) is 3.53. The van der Waals surface area contributed by atoms with Gasteiger partial charge in [0, 0.05) is 11.3 Å². The van der Waals surface area contributed by atoms with Gasteiger partial charge in [-0.15, -0.1) is 0 Å². The second kappa shape index (κ2) is 6.66. The Labute approximate surface area is 84.9 Å². The Bertz CT molecular complexity index is 132. The van der Waals surface area contributed by atoms with E-state index in [4.69, 9.17) is 0 Å². The summed E-state index contributed by atoms with van der Waals surface area (Å²) in [6, 6.07) is 0.650. The van der Waals surface area contributed by atoms with Crippen LogP contribution in [0.2, 0.25) is 0 Å². The van der Waals surface area contributed by atoms with Crippen molar-refractivity contribution in [1.29, 1.82) is 0 Å². The molecular formula is C10H20FNS. The standard InChI is InChI=1S/C10H20FNS/c1-2-13-10-6-3-5-9(10)12-8-4-7-11/h9-10,12H,2-8H2,1H3/t9-,10-/m0/s1. The molecule has 3 heteroatoms. The van der Waals surface area contributed by atoms with E-state index in [0.29, 0.717) is 12.5 Å². The van der Waals surface area contributed by atoms with Crippen molar-refractivity contribution in [3.05, 3.63) is 0 Å². The Morgan fingerprint density at radius 1 is 1.46 bits per heavy atom. The van der Waals surface area contributed by atoms with Gasteiger partial charge in [-0.3, -0.25) is 4.39 Å². The van der Waals surface area contributed by atoms with Gasteiger partial charge in [0.05, 0.1) is 6.67 Å². The van der Waals surface area contributed by atoms with Crippen LogP contribution in [-0.4, -0.2) is 30.3 Å². The topological polar surface area (TPSA) is 12.0 Å². The minimum Gasteiger partial charge on any atom is -0.313 e. The van der Waals surface area contributed by atoms with E-state index < -0.39 is 0 Å². The van der Waals surface area contributed by atoms with Gasteiger partial charge in [-0.05, 0) is 31.6 Å². The molecule has 1 aliphatic rings. The van der Waals surface area contributed by atoms with Crippen LogP contribution in [0.5, 0.6) is 0 Å². The van der Waals surface area contributed by atoms with E-state index in [1.165, 1.54) is 25.0 Å². The maximum absolute atomic E-state index is 11.9. The van der Waals surface area contributed by atoms with Crippen molar-refractivity contribution < 1.29 is 4.39 Å². The van der Waals surface area contributed by atoms with E-state index in [1.807, 2.05) is 11.8 Å². The first-order valence-electron chi connectivity index (χ1n) is 5.29. The van der Waals surface area contributed by atoms with Crippen molar-refractivity contribution in [3.63, 3.8) is 0 Å². The fraction of sp³-hybridized carbons (Fsp3) is 1.00. The molecule has 1 saturated carbocycles. The van der Waals surface area contributed by atoms with Gasteiger partial charge in [-0.25, -0.2) is 0 Å². The third-order valence-electron chi connectivity index (χ3n) is 2.55. The van der Waals surface area contributed by atoms with Crippen molar-refractivity contribution in [2.24, 2.45) is 0 Å². The first-order valence-corrected chi connectivity index (χ1v) is 6.34. The molecule has 2 atom stereocenters. The third kappa shape index (κ3) is 3.86. The summed E-state index contributed by atoms with van der Waals surface area (Å²) >= 11 is 2.05. The Morgan fingerprint density at radius 2 is 2.31 bits per heavy atom. The molecule has 1 fully saturated rings. The molecule has 0 heterocycles. The van der Waals surface area contributed by atoms with Crippen LogP contribution in [-0.2, 0) is 0 Å². The average molecular weight is 205 g/mol. The lowest BCUT2D eigenvalue weighted by Gasteiger charge is -2.19. The third-order valence-corrected chi connectivity index (χ3v) is 3.88. The highest BCUT2D eigenvalue weighted by Crippen LogP contribution is 2.29. The molecule has 0 unspecified atom stereocenters. The zero-order chi connectivity index (χ0) is 9.52. The number of halogens is 1. The van der Waals surface area contributed by atoms with Gasteiger partial charge >= 0.3 is 0 Å². The zero-order valence-corrected chi connectivity index (χ0v) is 9.21. The van der Waals surface area contributed by atoms with Crippen LogP contribution in [0, 0.1) is 0 Å². The lowest BCUT2D eigenvalue weighted by molar-refractivity contribution is 0.439. The van der Waals surface area contributed by atoms with Gasteiger partial charge in [-0.2, -0.15) is 11.8 Å². The highest BCUT2D eigenvalue weighted by atomic mass is 32.2. The zero-order valence-electron chi connectivity index (χ0n) is 8.39. The largest absolute Gasteiger partial charge is 0.313 e. The van der Waals surface area contributed by atoms with Crippen molar-refractivity contribution in [2.75, 3.05) is 19.0 Å². The van der Waals surface area contributed by atoms with Crippen molar-refractivity contribution >= 4 is 11.8 Å². The monoisotopic (exact) mass is 205 g/mol. The predicted octanol–water partition coefficient (Wildman–Crippen LogP) is 2.61. The van der Waals surface area contributed by atoms with Crippen molar-refractivity contribution in [2.45, 2.75) is 43.9 Å². The molecule has 13 heavy (non-hydrogen) atoms. The summed E-state index contributed by atoms with van der Waals surface area (Å²) in [5, 5.41) is 4.24. The lowest BCUT2D eigenvalue weighted by atomic mass is 10.2. The summed E-state index contributed by atoms with van der Waals surface area (Å²) in [5.41, 5.74) is 0. The fourth-order valence-corrected chi connectivity index (χ4v) is 3.15. The smallest absolute Gasteiger partial charge is 0.0906 e. The SMILES string of the molecule is CCS[C@H]1CCC[C@@H]1NCCCF. The molecule has 1 rings (SSSR count). The van der Waals surface area contributed by atoms with Gasteiger partial charge < -0.3 is 5.32 Å². The summed E-state index contributed by atoms with van der Waals surface area (Å²) in [5.74, 6) is 1.20. The molecule has 0 saturated heterocycles. The summed E-state index contributed by atoms with van der Waals surface area (Å²) in [6.45, 7) is 2.87. The van der Waals surface area contributed by atoms with Crippen LogP contribution in [0.25, 0.3) is 0 Å². The van der Waals surface area contributed by atoms with Gasteiger partial charge in [0.2, 0.25) is 0 Å². The fourth-order valence-electron chi connectivity index (χ4n) is 1.93. The number of rotatable bonds is 6. The average Bonchev–Trinajstić information content (AvgIpc) is 2.54. The number of hydrogen-bond acceptors (Lipinski definition) is 2. The molecular weight excluding hydrogens is 185 g/mol. The van der Waals surface area contributed by atoms with Crippen molar-refractivity contribution in [3.8, 4) is 0 Å². The van der Waals surface area contributed by atoms with Gasteiger partial charge in [-0.1, -0.05) is 13.3 Å². The van der Waals surface area contributed by atoms with Gasteiger partial charge in [0.25, 0.3) is 0 Å². The molecule has 0 aliphatic heterocycles. The van der Waals surface area contributed by atoms with Gasteiger partial charge in [0.15, 0.2) is 0 Å². The van der Waals surface area contributed by atoms with E-state index >= 15 is 0 Å². The molecule has 0 radical (unpaired) electrons. The van der Waals surface area contributed by atoms with E-state index in [2.05, 4.69) is 12.2 Å². The first kappa shape index (κ1) is 11.3. The molecule has 1 aliphatic carbocycles. The number of alkyl halides is 1. The highest BCUT2D eigenvalue weighted by Gasteiger charge is 2.25. The second-order valence-corrected chi connectivity index (χ2v) is 5.04. The molecule has 0 bridgehead atoms. The van der Waals surface area contributed by atoms with Crippen LogP contribution in [0.4, 0.5) is 4.39 Å². The summed E-state index contributed by atoms with van der Waals surface area (Å²) in [4.78, 5) is 0. The molecule has 0 aromatic carbocycles. The van der Waals surface area contributed by atoms with E-state index in [9.17, 15) is 4.39 Å². The summed E-state index contributed by atoms with van der Waals surface area (Å²) in [7, 11) is 0. The molecule has 0 spiro atoms. The number of thioether (sulfide) groups is 1. The van der Waals surface area contributed by atoms with E-state index in [1.54, 1.807) is 0 Å². The van der Waals surface area contributed by atoms with Crippen LogP contribution >= 0.6 is 11.8 Å². The van der Waals surface area contributed by atoms with Crippen LogP contribution in [0.15, 0.2) is 0 Å². The Balaban J connectivity index is 2.15. The van der Waals surface area contributed by atoms with Gasteiger partial charge in [0.1, 0.15) is 0 Å². The summed E-state index contributed by atoms with van der Waals surface area (Å²) in [6.07, 6.45) is 4.63. The highest BCUT2D eigenvalue weighted by molar-refractivity contribution is 7.99. The molecule has 0 aromatic heterocycles. The maximum Gasteiger partial charge on any atom is 0.0906 e. The number of hydrogen-bond donors (Lipinski definition) is 1. The normalized spacial score (nSPS) is 28.2. The Hall–Kier alpha value is 0.240. The first-order chi connectivity index (χ1) is 6.38. The predicted molar refractivity (Wildman–Crippen MR) is 58.2 cm³/mol. The maximum atomic E-state index is 11.9.